The summed E-state index contributed by atoms with van der Waals surface area (Å²) in [5, 5.41) is 6.50. The standard InChI is InChI=1S/C13H22N2/c1-11(2)13-6-4-12(5-7-13)10-15-9-8-14-3/h4-7,11,14-15H,8-10H2,1-3H3. The van der Waals surface area contributed by atoms with Gasteiger partial charge in [-0.1, -0.05) is 38.1 Å². The minimum atomic E-state index is 0.622. The molecule has 0 bridgehead atoms. The van der Waals surface area contributed by atoms with Gasteiger partial charge < -0.3 is 10.6 Å². The fourth-order valence-corrected chi connectivity index (χ4v) is 1.47. The molecule has 0 amide bonds. The third-order valence-corrected chi connectivity index (χ3v) is 2.53. The number of likely N-dealkylation sites (N-methyl/N-ethyl adjacent to an activating group) is 1. The van der Waals surface area contributed by atoms with Gasteiger partial charge >= 0.3 is 0 Å². The van der Waals surface area contributed by atoms with Gasteiger partial charge in [0.2, 0.25) is 0 Å². The van der Waals surface area contributed by atoms with Gasteiger partial charge in [-0.05, 0) is 24.1 Å². The molecule has 0 radical (unpaired) electrons. The Morgan fingerprint density at radius 2 is 1.73 bits per heavy atom. The van der Waals surface area contributed by atoms with Crippen molar-refractivity contribution in [2.75, 3.05) is 20.1 Å². The Labute approximate surface area is 93.1 Å². The minimum absolute atomic E-state index is 0.622. The van der Waals surface area contributed by atoms with Crippen LogP contribution in [0, 0.1) is 0 Å². The van der Waals surface area contributed by atoms with Gasteiger partial charge in [0, 0.05) is 19.6 Å². The SMILES string of the molecule is CNCCNCc1ccc(C(C)C)cc1. The van der Waals surface area contributed by atoms with E-state index in [1.165, 1.54) is 11.1 Å². The maximum Gasteiger partial charge on any atom is 0.0206 e. The fraction of sp³-hybridized carbons (Fsp3) is 0.538. The topological polar surface area (TPSA) is 24.1 Å². The Bertz CT molecular complexity index is 264. The van der Waals surface area contributed by atoms with Crippen LogP contribution in [0.4, 0.5) is 0 Å². The van der Waals surface area contributed by atoms with Gasteiger partial charge in [0.1, 0.15) is 0 Å². The van der Waals surface area contributed by atoms with E-state index < -0.39 is 0 Å². The first kappa shape index (κ1) is 12.2. The lowest BCUT2D eigenvalue weighted by atomic mass is 10.0. The maximum absolute atomic E-state index is 3.39. The van der Waals surface area contributed by atoms with E-state index in [2.05, 4.69) is 48.7 Å². The second kappa shape index (κ2) is 6.59. The lowest BCUT2D eigenvalue weighted by molar-refractivity contribution is 0.650. The molecular weight excluding hydrogens is 184 g/mol. The van der Waals surface area contributed by atoms with Crippen LogP contribution in [0.25, 0.3) is 0 Å². The van der Waals surface area contributed by atoms with Crippen LogP contribution in [0.5, 0.6) is 0 Å². The normalized spacial score (nSPS) is 10.9. The Morgan fingerprint density at radius 1 is 1.07 bits per heavy atom. The first-order valence-corrected chi connectivity index (χ1v) is 5.68. The smallest absolute Gasteiger partial charge is 0.0206 e. The Morgan fingerprint density at radius 3 is 2.27 bits per heavy atom. The highest BCUT2D eigenvalue weighted by atomic mass is 14.9. The summed E-state index contributed by atoms with van der Waals surface area (Å²) in [5.74, 6) is 0.622. The second-order valence-electron chi connectivity index (χ2n) is 4.18. The molecule has 0 aliphatic heterocycles. The third kappa shape index (κ3) is 4.45. The summed E-state index contributed by atoms with van der Waals surface area (Å²) in [5.41, 5.74) is 2.77. The van der Waals surface area contributed by atoms with Gasteiger partial charge in [-0.25, -0.2) is 0 Å². The van der Waals surface area contributed by atoms with Gasteiger partial charge in [-0.3, -0.25) is 0 Å². The molecule has 0 unspecified atom stereocenters. The number of rotatable bonds is 6. The zero-order valence-electron chi connectivity index (χ0n) is 10.0. The van der Waals surface area contributed by atoms with E-state index in [9.17, 15) is 0 Å². The van der Waals surface area contributed by atoms with Gasteiger partial charge in [0.25, 0.3) is 0 Å². The van der Waals surface area contributed by atoms with Gasteiger partial charge in [0.15, 0.2) is 0 Å². The average Bonchev–Trinajstić information content (AvgIpc) is 2.25. The average molecular weight is 206 g/mol. The van der Waals surface area contributed by atoms with Crippen molar-refractivity contribution in [3.05, 3.63) is 35.4 Å². The van der Waals surface area contributed by atoms with Crippen LogP contribution < -0.4 is 10.6 Å². The van der Waals surface area contributed by atoms with Crippen LogP contribution in [0.2, 0.25) is 0 Å². The molecule has 0 spiro atoms. The molecule has 0 aromatic heterocycles. The van der Waals surface area contributed by atoms with E-state index in [1.54, 1.807) is 0 Å². The summed E-state index contributed by atoms with van der Waals surface area (Å²) in [6, 6.07) is 8.86. The first-order chi connectivity index (χ1) is 7.24. The van der Waals surface area contributed by atoms with Crippen molar-refractivity contribution in [2.45, 2.75) is 26.3 Å². The molecule has 1 rings (SSSR count). The Kier molecular flexibility index (Phi) is 5.37. The van der Waals surface area contributed by atoms with Crippen molar-refractivity contribution in [2.24, 2.45) is 0 Å². The first-order valence-electron chi connectivity index (χ1n) is 5.68. The van der Waals surface area contributed by atoms with E-state index >= 15 is 0 Å². The van der Waals surface area contributed by atoms with Crippen LogP contribution in [-0.2, 0) is 6.54 Å². The maximum atomic E-state index is 3.39. The highest BCUT2D eigenvalue weighted by Crippen LogP contribution is 2.14. The summed E-state index contributed by atoms with van der Waals surface area (Å²) >= 11 is 0. The van der Waals surface area contributed by atoms with Gasteiger partial charge in [-0.2, -0.15) is 0 Å². The van der Waals surface area contributed by atoms with Gasteiger partial charge in [0.05, 0.1) is 0 Å². The number of nitrogens with one attached hydrogen (secondary N) is 2. The van der Waals surface area contributed by atoms with E-state index in [4.69, 9.17) is 0 Å². The molecule has 2 heteroatoms. The van der Waals surface area contributed by atoms with Crippen molar-refractivity contribution in [1.29, 1.82) is 0 Å². The molecule has 0 atom stereocenters. The zero-order chi connectivity index (χ0) is 11.1. The van der Waals surface area contributed by atoms with E-state index in [0.29, 0.717) is 5.92 Å². The van der Waals surface area contributed by atoms with Crippen LogP contribution in [0.1, 0.15) is 30.9 Å². The van der Waals surface area contributed by atoms with E-state index in [0.717, 1.165) is 19.6 Å². The molecule has 0 saturated heterocycles. The lowest BCUT2D eigenvalue weighted by Crippen LogP contribution is -2.24. The summed E-state index contributed by atoms with van der Waals surface area (Å²) in [4.78, 5) is 0. The predicted molar refractivity (Wildman–Crippen MR) is 66.2 cm³/mol. The summed E-state index contributed by atoms with van der Waals surface area (Å²) < 4.78 is 0. The lowest BCUT2D eigenvalue weighted by Gasteiger charge is -2.07. The molecule has 0 saturated carbocycles. The number of benzene rings is 1. The van der Waals surface area contributed by atoms with Crippen LogP contribution >= 0.6 is 0 Å². The third-order valence-electron chi connectivity index (χ3n) is 2.53. The van der Waals surface area contributed by atoms with Crippen molar-refractivity contribution >= 4 is 0 Å². The number of hydrogen-bond donors (Lipinski definition) is 2. The van der Waals surface area contributed by atoms with Crippen molar-refractivity contribution < 1.29 is 0 Å². The molecule has 2 N–H and O–H groups in total. The molecule has 0 aliphatic carbocycles. The fourth-order valence-electron chi connectivity index (χ4n) is 1.47. The van der Waals surface area contributed by atoms with Gasteiger partial charge in [-0.15, -0.1) is 0 Å². The van der Waals surface area contributed by atoms with Crippen LogP contribution in [0.3, 0.4) is 0 Å². The highest BCUT2D eigenvalue weighted by Gasteiger charge is 1.98. The van der Waals surface area contributed by atoms with Crippen molar-refractivity contribution in [1.82, 2.24) is 10.6 Å². The zero-order valence-corrected chi connectivity index (χ0v) is 10.0. The number of hydrogen-bond acceptors (Lipinski definition) is 2. The van der Waals surface area contributed by atoms with Crippen molar-refractivity contribution in [3.8, 4) is 0 Å². The largest absolute Gasteiger partial charge is 0.318 e. The Hall–Kier alpha value is -0.860. The molecule has 0 aliphatic rings. The Balaban J connectivity index is 2.36. The monoisotopic (exact) mass is 206 g/mol. The van der Waals surface area contributed by atoms with E-state index in [1.807, 2.05) is 7.05 Å². The second-order valence-corrected chi connectivity index (χ2v) is 4.18. The molecule has 15 heavy (non-hydrogen) atoms. The molecule has 1 aromatic carbocycles. The summed E-state index contributed by atoms with van der Waals surface area (Å²) in [6.07, 6.45) is 0. The van der Waals surface area contributed by atoms with Crippen molar-refractivity contribution in [3.63, 3.8) is 0 Å². The minimum Gasteiger partial charge on any atom is -0.318 e. The molecule has 84 valence electrons. The highest BCUT2D eigenvalue weighted by molar-refractivity contribution is 5.24. The van der Waals surface area contributed by atoms with Crippen LogP contribution in [0.15, 0.2) is 24.3 Å². The van der Waals surface area contributed by atoms with Crippen LogP contribution in [-0.4, -0.2) is 20.1 Å². The molecule has 2 nitrogen and oxygen atoms in total. The predicted octanol–water partition coefficient (Wildman–Crippen LogP) is 2.12. The quantitative estimate of drug-likeness (QED) is 0.697. The van der Waals surface area contributed by atoms with E-state index in [-0.39, 0.29) is 0 Å². The molecule has 0 fully saturated rings. The molecular formula is C13H22N2. The summed E-state index contributed by atoms with van der Waals surface area (Å²) in [7, 11) is 1.97. The molecule has 1 aromatic rings. The summed E-state index contributed by atoms with van der Waals surface area (Å²) in [6.45, 7) is 7.44. The molecule has 0 heterocycles.